The van der Waals surface area contributed by atoms with Gasteiger partial charge in [0, 0.05) is 32.6 Å². The molecule has 0 saturated carbocycles. The molecule has 1 aromatic carbocycles. The predicted molar refractivity (Wildman–Crippen MR) is 98.8 cm³/mol. The molecule has 0 spiro atoms. The van der Waals surface area contributed by atoms with Crippen molar-refractivity contribution in [2.45, 2.75) is 12.8 Å². The van der Waals surface area contributed by atoms with E-state index in [1.54, 1.807) is 0 Å². The molecule has 1 fully saturated rings. The van der Waals surface area contributed by atoms with Crippen molar-refractivity contribution in [3.05, 3.63) is 24.3 Å². The van der Waals surface area contributed by atoms with Gasteiger partial charge in [-0.2, -0.15) is 0 Å². The number of amides is 1. The van der Waals surface area contributed by atoms with Crippen molar-refractivity contribution in [3.63, 3.8) is 0 Å². The Hall–Kier alpha value is -1.79. The zero-order valence-electron chi connectivity index (χ0n) is 14.9. The maximum Gasteiger partial charge on any atom is 0.221 e. The summed E-state index contributed by atoms with van der Waals surface area (Å²) >= 11 is 0. The minimum Gasteiger partial charge on any atom is -0.383 e. The third-order valence-electron chi connectivity index (χ3n) is 4.03. The summed E-state index contributed by atoms with van der Waals surface area (Å²) in [4.78, 5) is 16.3. The van der Waals surface area contributed by atoms with Gasteiger partial charge >= 0.3 is 0 Å². The number of anilines is 2. The van der Waals surface area contributed by atoms with Crippen LogP contribution in [0.25, 0.3) is 0 Å². The largest absolute Gasteiger partial charge is 0.383 e. The Morgan fingerprint density at radius 3 is 2.71 bits per heavy atom. The van der Waals surface area contributed by atoms with Crippen LogP contribution in [0.3, 0.4) is 0 Å². The quantitative estimate of drug-likeness (QED) is 0.669. The van der Waals surface area contributed by atoms with Gasteiger partial charge in [0.1, 0.15) is 0 Å². The molecule has 1 amide bonds. The zero-order chi connectivity index (χ0) is 17.2. The summed E-state index contributed by atoms with van der Waals surface area (Å²) < 4.78 is 5.42. The van der Waals surface area contributed by atoms with Crippen LogP contribution in [0.4, 0.5) is 11.4 Å². The molecule has 0 atom stereocenters. The van der Waals surface area contributed by atoms with Gasteiger partial charge in [-0.1, -0.05) is 12.1 Å². The minimum atomic E-state index is 0.102. The van der Waals surface area contributed by atoms with Gasteiger partial charge in [-0.3, -0.25) is 4.79 Å². The average molecular weight is 334 g/mol. The number of para-hydroxylation sites is 2. The minimum absolute atomic E-state index is 0.102. The molecule has 134 valence electrons. The van der Waals surface area contributed by atoms with Gasteiger partial charge in [0.15, 0.2) is 0 Å². The summed E-state index contributed by atoms with van der Waals surface area (Å²) in [6.07, 6.45) is 1.46. The first-order valence-corrected chi connectivity index (χ1v) is 8.74. The van der Waals surface area contributed by atoms with Crippen molar-refractivity contribution in [3.8, 4) is 0 Å². The van der Waals surface area contributed by atoms with Crippen molar-refractivity contribution in [2.24, 2.45) is 0 Å². The van der Waals surface area contributed by atoms with E-state index < -0.39 is 0 Å². The van der Waals surface area contributed by atoms with Crippen LogP contribution in [0.1, 0.15) is 12.8 Å². The summed E-state index contributed by atoms with van der Waals surface area (Å²) in [6.45, 7) is 5.72. The van der Waals surface area contributed by atoms with Crippen molar-refractivity contribution in [1.29, 1.82) is 0 Å². The second-order valence-corrected chi connectivity index (χ2v) is 6.30. The van der Waals surface area contributed by atoms with Crippen LogP contribution < -0.4 is 15.5 Å². The van der Waals surface area contributed by atoms with E-state index in [-0.39, 0.29) is 5.91 Å². The molecular formula is C18H30N4O2. The van der Waals surface area contributed by atoms with Crippen LogP contribution in [-0.2, 0) is 9.53 Å². The van der Waals surface area contributed by atoms with E-state index in [0.717, 1.165) is 51.5 Å². The summed E-state index contributed by atoms with van der Waals surface area (Å²) in [7, 11) is 4.08. The Balaban J connectivity index is 1.73. The van der Waals surface area contributed by atoms with E-state index in [1.165, 1.54) is 5.69 Å². The topological polar surface area (TPSA) is 56.8 Å². The molecule has 1 aromatic rings. The van der Waals surface area contributed by atoms with Gasteiger partial charge in [-0.05, 0) is 39.2 Å². The molecule has 2 rings (SSSR count). The molecule has 6 nitrogen and oxygen atoms in total. The molecular weight excluding hydrogens is 304 g/mol. The van der Waals surface area contributed by atoms with Crippen molar-refractivity contribution in [2.75, 3.05) is 70.2 Å². The molecule has 0 aromatic heterocycles. The van der Waals surface area contributed by atoms with Crippen LogP contribution in [0.5, 0.6) is 0 Å². The SMILES string of the molecule is CN(C)CCCNC(=O)CCNc1ccccc1N1CCOCC1. The zero-order valence-corrected chi connectivity index (χ0v) is 14.9. The molecule has 2 N–H and O–H groups in total. The highest BCUT2D eigenvalue weighted by Gasteiger charge is 2.14. The van der Waals surface area contributed by atoms with Crippen LogP contribution in [0, 0.1) is 0 Å². The smallest absolute Gasteiger partial charge is 0.221 e. The van der Waals surface area contributed by atoms with E-state index >= 15 is 0 Å². The maximum absolute atomic E-state index is 11.9. The lowest BCUT2D eigenvalue weighted by Gasteiger charge is -2.30. The predicted octanol–water partition coefficient (Wildman–Crippen LogP) is 1.39. The second-order valence-electron chi connectivity index (χ2n) is 6.30. The fourth-order valence-corrected chi connectivity index (χ4v) is 2.73. The molecule has 0 unspecified atom stereocenters. The lowest BCUT2D eigenvalue weighted by atomic mass is 10.2. The fraction of sp³-hybridized carbons (Fsp3) is 0.611. The highest BCUT2D eigenvalue weighted by Crippen LogP contribution is 2.26. The number of nitrogens with one attached hydrogen (secondary N) is 2. The summed E-state index contributed by atoms with van der Waals surface area (Å²) in [5, 5.41) is 6.37. The van der Waals surface area contributed by atoms with Crippen LogP contribution in [0.15, 0.2) is 24.3 Å². The molecule has 6 heteroatoms. The Morgan fingerprint density at radius 1 is 1.21 bits per heavy atom. The lowest BCUT2D eigenvalue weighted by Crippen LogP contribution is -2.36. The fourth-order valence-electron chi connectivity index (χ4n) is 2.73. The van der Waals surface area contributed by atoms with Gasteiger partial charge < -0.3 is 25.2 Å². The van der Waals surface area contributed by atoms with Gasteiger partial charge in [0.05, 0.1) is 24.6 Å². The first kappa shape index (κ1) is 18.5. The van der Waals surface area contributed by atoms with E-state index in [4.69, 9.17) is 4.74 Å². The molecule has 1 heterocycles. The van der Waals surface area contributed by atoms with E-state index in [2.05, 4.69) is 32.6 Å². The number of morpholine rings is 1. The second kappa shape index (κ2) is 10.2. The van der Waals surface area contributed by atoms with Gasteiger partial charge in [-0.15, -0.1) is 0 Å². The Morgan fingerprint density at radius 2 is 1.96 bits per heavy atom. The molecule has 0 bridgehead atoms. The number of carbonyl (C=O) groups excluding carboxylic acids is 1. The summed E-state index contributed by atoms with van der Waals surface area (Å²) in [6, 6.07) is 8.26. The van der Waals surface area contributed by atoms with E-state index in [9.17, 15) is 4.79 Å². The van der Waals surface area contributed by atoms with Crippen molar-refractivity contribution < 1.29 is 9.53 Å². The van der Waals surface area contributed by atoms with Crippen LogP contribution in [-0.4, -0.2) is 70.8 Å². The van der Waals surface area contributed by atoms with Crippen LogP contribution in [0.2, 0.25) is 0 Å². The molecule has 0 aliphatic carbocycles. The molecule has 1 aliphatic rings. The third-order valence-corrected chi connectivity index (χ3v) is 4.03. The number of rotatable bonds is 9. The summed E-state index contributed by atoms with van der Waals surface area (Å²) in [5.74, 6) is 0.102. The number of carbonyl (C=O) groups is 1. The van der Waals surface area contributed by atoms with Crippen molar-refractivity contribution in [1.82, 2.24) is 10.2 Å². The highest BCUT2D eigenvalue weighted by molar-refractivity contribution is 5.77. The number of hydrogen-bond acceptors (Lipinski definition) is 5. The maximum atomic E-state index is 11.9. The van der Waals surface area contributed by atoms with E-state index in [0.29, 0.717) is 13.0 Å². The third kappa shape index (κ3) is 6.37. The average Bonchev–Trinajstić information content (AvgIpc) is 2.60. The normalized spacial score (nSPS) is 14.7. The Bertz CT molecular complexity index is 502. The molecule has 1 saturated heterocycles. The first-order valence-electron chi connectivity index (χ1n) is 8.74. The highest BCUT2D eigenvalue weighted by atomic mass is 16.5. The number of hydrogen-bond donors (Lipinski definition) is 2. The van der Waals surface area contributed by atoms with Crippen LogP contribution >= 0.6 is 0 Å². The standard InChI is InChI=1S/C18H30N4O2/c1-21(2)11-5-9-20-18(23)8-10-19-16-6-3-4-7-17(16)22-12-14-24-15-13-22/h3-4,6-7,19H,5,8-15H2,1-2H3,(H,20,23). The van der Waals surface area contributed by atoms with Gasteiger partial charge in [0.2, 0.25) is 5.91 Å². The van der Waals surface area contributed by atoms with Crippen molar-refractivity contribution >= 4 is 17.3 Å². The molecule has 1 aliphatic heterocycles. The Labute approximate surface area is 145 Å². The van der Waals surface area contributed by atoms with Gasteiger partial charge in [0.25, 0.3) is 0 Å². The van der Waals surface area contributed by atoms with E-state index in [1.807, 2.05) is 26.2 Å². The van der Waals surface area contributed by atoms with Gasteiger partial charge in [-0.25, -0.2) is 0 Å². The monoisotopic (exact) mass is 334 g/mol. The molecule has 0 radical (unpaired) electrons. The summed E-state index contributed by atoms with van der Waals surface area (Å²) in [5.41, 5.74) is 2.27. The number of benzene rings is 1. The lowest BCUT2D eigenvalue weighted by molar-refractivity contribution is -0.120. The first-order chi connectivity index (χ1) is 11.7. The Kier molecular flexibility index (Phi) is 7.85. The number of ether oxygens (including phenoxy) is 1. The molecule has 24 heavy (non-hydrogen) atoms. The number of nitrogens with zero attached hydrogens (tertiary/aromatic N) is 2.